The van der Waals surface area contributed by atoms with Gasteiger partial charge in [-0.05, 0) is 6.42 Å². The quantitative estimate of drug-likeness (QED) is 0.465. The molecule has 2 nitrogen and oxygen atoms in total. The van der Waals surface area contributed by atoms with E-state index < -0.39 is 0 Å². The molecule has 50 valence electrons. The number of amides is 1. The van der Waals surface area contributed by atoms with E-state index in [0.717, 1.165) is 12.8 Å². The molecule has 0 aromatic rings. The summed E-state index contributed by atoms with van der Waals surface area (Å²) in [6.07, 6.45) is 5.78. The zero-order valence-corrected chi connectivity index (χ0v) is 5.73. The number of rotatable bonds is 0. The summed E-state index contributed by atoms with van der Waals surface area (Å²) >= 11 is 0. The molecule has 0 saturated carbocycles. The van der Waals surface area contributed by atoms with Crippen LogP contribution in [-0.2, 0) is 4.79 Å². The van der Waals surface area contributed by atoms with Gasteiger partial charge in [0.1, 0.15) is 0 Å². The molecule has 0 radical (unpaired) electrons. The SMILES string of the molecule is Cl.O=C1C[C@H]2CC=CN12. The lowest BCUT2D eigenvalue weighted by Crippen LogP contribution is -2.45. The summed E-state index contributed by atoms with van der Waals surface area (Å²) in [6, 6.07) is 0.544. The molecule has 0 bridgehead atoms. The van der Waals surface area contributed by atoms with E-state index in [1.54, 1.807) is 4.90 Å². The van der Waals surface area contributed by atoms with Gasteiger partial charge in [-0.15, -0.1) is 12.4 Å². The van der Waals surface area contributed by atoms with E-state index >= 15 is 0 Å². The number of halogens is 1. The molecule has 0 aliphatic carbocycles. The average molecular weight is 146 g/mol. The molecular formula is C6H8ClNO. The lowest BCUT2D eigenvalue weighted by atomic mass is 10.0. The molecule has 2 heterocycles. The molecule has 1 amide bonds. The Bertz CT molecular complexity index is 166. The number of β-lactam (4-membered cyclic amide) rings is 1. The Kier molecular flexibility index (Phi) is 1.49. The van der Waals surface area contributed by atoms with Gasteiger partial charge in [0.2, 0.25) is 5.91 Å². The standard InChI is InChI=1S/C6H7NO.ClH/c8-6-4-5-2-1-3-7(5)6;/h1,3,5H,2,4H2;1H/t5-;/m1./s1. The largest absolute Gasteiger partial charge is 0.315 e. The zero-order valence-electron chi connectivity index (χ0n) is 4.91. The Morgan fingerprint density at radius 3 is 2.89 bits per heavy atom. The van der Waals surface area contributed by atoms with Crippen molar-refractivity contribution in [3.05, 3.63) is 12.3 Å². The van der Waals surface area contributed by atoms with Crippen molar-refractivity contribution < 1.29 is 4.79 Å². The first-order valence-corrected chi connectivity index (χ1v) is 2.86. The molecule has 3 heteroatoms. The fourth-order valence-electron chi connectivity index (χ4n) is 1.23. The summed E-state index contributed by atoms with van der Waals surface area (Å²) < 4.78 is 0. The van der Waals surface area contributed by atoms with Crippen LogP contribution in [0.2, 0.25) is 0 Å². The maximum Gasteiger partial charge on any atom is 0.228 e. The Labute approximate surface area is 59.9 Å². The van der Waals surface area contributed by atoms with Gasteiger partial charge >= 0.3 is 0 Å². The third kappa shape index (κ3) is 0.741. The minimum Gasteiger partial charge on any atom is -0.315 e. The summed E-state index contributed by atoms with van der Waals surface area (Å²) in [5, 5.41) is 0. The van der Waals surface area contributed by atoms with E-state index in [2.05, 4.69) is 6.08 Å². The first-order chi connectivity index (χ1) is 3.88. The zero-order chi connectivity index (χ0) is 5.56. The van der Waals surface area contributed by atoms with Crippen LogP contribution in [0.25, 0.3) is 0 Å². The summed E-state index contributed by atoms with van der Waals surface area (Å²) in [4.78, 5) is 12.4. The van der Waals surface area contributed by atoms with Gasteiger partial charge in [-0.1, -0.05) is 6.08 Å². The first kappa shape index (κ1) is 6.62. The van der Waals surface area contributed by atoms with E-state index in [-0.39, 0.29) is 18.3 Å². The Morgan fingerprint density at radius 2 is 2.44 bits per heavy atom. The van der Waals surface area contributed by atoms with Crippen molar-refractivity contribution in [2.45, 2.75) is 18.9 Å². The predicted octanol–water partition coefficient (Wildman–Crippen LogP) is 0.926. The summed E-state index contributed by atoms with van der Waals surface area (Å²) in [6.45, 7) is 0. The average Bonchev–Trinajstić information content (AvgIpc) is 2.09. The van der Waals surface area contributed by atoms with Crippen LogP contribution in [0.4, 0.5) is 0 Å². The molecule has 0 aromatic heterocycles. The van der Waals surface area contributed by atoms with Gasteiger partial charge in [0, 0.05) is 18.7 Å². The van der Waals surface area contributed by atoms with Crippen molar-refractivity contribution in [2.75, 3.05) is 0 Å². The molecule has 0 unspecified atom stereocenters. The highest BCUT2D eigenvalue weighted by Gasteiger charge is 2.35. The topological polar surface area (TPSA) is 20.3 Å². The van der Waals surface area contributed by atoms with Crippen molar-refractivity contribution in [3.8, 4) is 0 Å². The van der Waals surface area contributed by atoms with Crippen LogP contribution in [0.15, 0.2) is 12.3 Å². The highest BCUT2D eigenvalue weighted by atomic mass is 35.5. The second kappa shape index (κ2) is 2.03. The van der Waals surface area contributed by atoms with Gasteiger partial charge in [-0.2, -0.15) is 0 Å². The first-order valence-electron chi connectivity index (χ1n) is 2.86. The highest BCUT2D eigenvalue weighted by Crippen LogP contribution is 2.27. The molecule has 2 rings (SSSR count). The van der Waals surface area contributed by atoms with E-state index in [4.69, 9.17) is 0 Å². The van der Waals surface area contributed by atoms with E-state index in [9.17, 15) is 4.79 Å². The number of carbonyl (C=O) groups excluding carboxylic acids is 1. The lowest BCUT2D eigenvalue weighted by Gasteiger charge is -2.32. The van der Waals surface area contributed by atoms with Gasteiger partial charge in [0.05, 0.1) is 0 Å². The van der Waals surface area contributed by atoms with E-state index in [1.807, 2.05) is 6.20 Å². The molecular weight excluding hydrogens is 138 g/mol. The molecule has 0 aromatic carbocycles. The summed E-state index contributed by atoms with van der Waals surface area (Å²) in [5.74, 6) is 0.281. The van der Waals surface area contributed by atoms with Gasteiger partial charge < -0.3 is 4.90 Å². The van der Waals surface area contributed by atoms with Gasteiger partial charge in [0.15, 0.2) is 0 Å². The van der Waals surface area contributed by atoms with Crippen LogP contribution < -0.4 is 0 Å². The molecule has 0 spiro atoms. The third-order valence-electron chi connectivity index (χ3n) is 1.77. The van der Waals surface area contributed by atoms with Crippen LogP contribution in [0.3, 0.4) is 0 Å². The van der Waals surface area contributed by atoms with E-state index in [1.165, 1.54) is 0 Å². The van der Waals surface area contributed by atoms with Crippen LogP contribution in [0, 0.1) is 0 Å². The number of carbonyl (C=O) groups is 1. The van der Waals surface area contributed by atoms with Crippen molar-refractivity contribution in [3.63, 3.8) is 0 Å². The summed E-state index contributed by atoms with van der Waals surface area (Å²) in [7, 11) is 0. The smallest absolute Gasteiger partial charge is 0.228 e. The monoisotopic (exact) mass is 145 g/mol. The lowest BCUT2D eigenvalue weighted by molar-refractivity contribution is -0.140. The van der Waals surface area contributed by atoms with Gasteiger partial charge in [0.25, 0.3) is 0 Å². The molecule has 2 aliphatic rings. The van der Waals surface area contributed by atoms with Crippen molar-refractivity contribution in [2.24, 2.45) is 0 Å². The molecule has 1 fully saturated rings. The van der Waals surface area contributed by atoms with Crippen molar-refractivity contribution in [1.29, 1.82) is 0 Å². The van der Waals surface area contributed by atoms with Crippen LogP contribution >= 0.6 is 12.4 Å². The fourth-order valence-corrected chi connectivity index (χ4v) is 1.23. The number of hydrogen-bond donors (Lipinski definition) is 0. The van der Waals surface area contributed by atoms with Crippen LogP contribution in [0.1, 0.15) is 12.8 Å². The van der Waals surface area contributed by atoms with Crippen molar-refractivity contribution >= 4 is 18.3 Å². The molecule has 1 saturated heterocycles. The fraction of sp³-hybridized carbons (Fsp3) is 0.500. The highest BCUT2D eigenvalue weighted by molar-refractivity contribution is 5.85. The minimum atomic E-state index is 0. The normalized spacial score (nSPS) is 29.1. The maximum atomic E-state index is 10.6. The predicted molar refractivity (Wildman–Crippen MR) is 36.3 cm³/mol. The van der Waals surface area contributed by atoms with Crippen LogP contribution in [-0.4, -0.2) is 16.8 Å². The molecule has 2 aliphatic heterocycles. The number of fused-ring (bicyclic) bond motifs is 1. The Balaban J connectivity index is 0.000000405. The molecule has 0 N–H and O–H groups in total. The maximum absolute atomic E-state index is 10.6. The minimum absolute atomic E-state index is 0. The summed E-state index contributed by atoms with van der Waals surface area (Å²) in [5.41, 5.74) is 0. The molecule has 1 atom stereocenters. The van der Waals surface area contributed by atoms with Gasteiger partial charge in [-0.3, -0.25) is 4.79 Å². The van der Waals surface area contributed by atoms with Gasteiger partial charge in [-0.25, -0.2) is 0 Å². The second-order valence-electron chi connectivity index (χ2n) is 2.28. The Hall–Kier alpha value is -0.500. The number of nitrogens with zero attached hydrogens (tertiary/aromatic N) is 1. The Morgan fingerprint density at radius 1 is 1.67 bits per heavy atom. The second-order valence-corrected chi connectivity index (χ2v) is 2.28. The third-order valence-corrected chi connectivity index (χ3v) is 1.77. The van der Waals surface area contributed by atoms with E-state index in [0.29, 0.717) is 6.04 Å². The van der Waals surface area contributed by atoms with Crippen LogP contribution in [0.5, 0.6) is 0 Å². The number of hydrogen-bond acceptors (Lipinski definition) is 1. The molecule has 9 heavy (non-hydrogen) atoms. The van der Waals surface area contributed by atoms with Crippen molar-refractivity contribution in [1.82, 2.24) is 4.90 Å².